The first-order valence-corrected chi connectivity index (χ1v) is 6.08. The van der Waals surface area contributed by atoms with Gasteiger partial charge in [0, 0.05) is 5.92 Å². The summed E-state index contributed by atoms with van der Waals surface area (Å²) >= 11 is 6.00. The Balaban J connectivity index is 2.46. The van der Waals surface area contributed by atoms with E-state index in [1.165, 1.54) is 0 Å². The van der Waals surface area contributed by atoms with Gasteiger partial charge in [0.25, 0.3) is 0 Å². The molecular formula is C13H20ClNO. The highest BCUT2D eigenvalue weighted by Crippen LogP contribution is 2.24. The van der Waals surface area contributed by atoms with Crippen LogP contribution in [0.2, 0.25) is 5.02 Å². The fraction of sp³-hybridized carbons (Fsp3) is 0.538. The number of hydrogen-bond acceptors (Lipinski definition) is 2. The van der Waals surface area contributed by atoms with Crippen LogP contribution in [0.3, 0.4) is 0 Å². The quantitative estimate of drug-likeness (QED) is 0.829. The molecule has 16 heavy (non-hydrogen) atoms. The number of nitrogens with two attached hydrogens (primary N) is 1. The van der Waals surface area contributed by atoms with Gasteiger partial charge in [0.15, 0.2) is 0 Å². The van der Waals surface area contributed by atoms with E-state index in [0.29, 0.717) is 30.0 Å². The van der Waals surface area contributed by atoms with Gasteiger partial charge in [-0.25, -0.2) is 0 Å². The first-order chi connectivity index (χ1) is 7.63. The van der Waals surface area contributed by atoms with Crippen molar-refractivity contribution in [3.8, 4) is 5.75 Å². The fourth-order valence-corrected chi connectivity index (χ4v) is 1.86. The van der Waals surface area contributed by atoms with Crippen molar-refractivity contribution < 1.29 is 4.74 Å². The Morgan fingerprint density at radius 2 is 2.00 bits per heavy atom. The van der Waals surface area contributed by atoms with Gasteiger partial charge in [-0.05, 0) is 31.0 Å². The number of halogens is 1. The van der Waals surface area contributed by atoms with Crippen LogP contribution < -0.4 is 10.5 Å². The number of hydrogen-bond donors (Lipinski definition) is 1. The van der Waals surface area contributed by atoms with Gasteiger partial charge in [0.1, 0.15) is 5.75 Å². The van der Waals surface area contributed by atoms with Crippen LogP contribution in [0.25, 0.3) is 0 Å². The minimum absolute atomic E-state index is 0.399. The first-order valence-electron chi connectivity index (χ1n) is 5.71. The van der Waals surface area contributed by atoms with Gasteiger partial charge in [-0.3, -0.25) is 0 Å². The van der Waals surface area contributed by atoms with E-state index in [-0.39, 0.29) is 0 Å². The number of ether oxygens (including phenoxy) is 1. The second-order valence-corrected chi connectivity index (χ2v) is 4.88. The number of rotatable bonds is 6. The average Bonchev–Trinajstić information content (AvgIpc) is 2.25. The van der Waals surface area contributed by atoms with E-state index in [1.807, 2.05) is 24.3 Å². The summed E-state index contributed by atoms with van der Waals surface area (Å²) in [5.74, 6) is 1.78. The number of benzene rings is 1. The first kappa shape index (κ1) is 13.3. The molecule has 1 aromatic rings. The Morgan fingerprint density at radius 3 is 2.56 bits per heavy atom. The molecule has 0 heterocycles. The minimum atomic E-state index is 0.399. The molecular weight excluding hydrogens is 222 g/mol. The zero-order chi connectivity index (χ0) is 12.0. The van der Waals surface area contributed by atoms with Crippen LogP contribution in [0.4, 0.5) is 0 Å². The van der Waals surface area contributed by atoms with E-state index in [2.05, 4.69) is 13.8 Å². The maximum absolute atomic E-state index is 6.00. The van der Waals surface area contributed by atoms with Crippen LogP contribution in [0, 0.1) is 11.8 Å². The maximum Gasteiger partial charge on any atom is 0.137 e. The van der Waals surface area contributed by atoms with Crippen LogP contribution in [0.1, 0.15) is 20.3 Å². The summed E-state index contributed by atoms with van der Waals surface area (Å²) in [5, 5.41) is 0.655. The molecule has 0 amide bonds. The van der Waals surface area contributed by atoms with Gasteiger partial charge >= 0.3 is 0 Å². The van der Waals surface area contributed by atoms with Crippen LogP contribution in [0.5, 0.6) is 5.75 Å². The molecule has 0 aliphatic rings. The lowest BCUT2D eigenvalue weighted by Gasteiger charge is -2.18. The summed E-state index contributed by atoms with van der Waals surface area (Å²) in [4.78, 5) is 0. The highest BCUT2D eigenvalue weighted by Gasteiger charge is 2.10. The molecule has 90 valence electrons. The third kappa shape index (κ3) is 4.42. The van der Waals surface area contributed by atoms with E-state index < -0.39 is 0 Å². The van der Waals surface area contributed by atoms with Crippen molar-refractivity contribution in [1.82, 2.24) is 0 Å². The van der Waals surface area contributed by atoms with Crippen molar-refractivity contribution in [2.45, 2.75) is 20.3 Å². The van der Waals surface area contributed by atoms with Crippen LogP contribution in [-0.2, 0) is 0 Å². The summed E-state index contributed by atoms with van der Waals surface area (Å²) in [7, 11) is 0. The van der Waals surface area contributed by atoms with Gasteiger partial charge in [-0.15, -0.1) is 0 Å². The smallest absolute Gasteiger partial charge is 0.137 e. The van der Waals surface area contributed by atoms with Crippen LogP contribution in [0.15, 0.2) is 24.3 Å². The normalized spacial score (nSPS) is 12.8. The van der Waals surface area contributed by atoms with E-state index in [1.54, 1.807) is 0 Å². The highest BCUT2D eigenvalue weighted by molar-refractivity contribution is 6.32. The largest absolute Gasteiger partial charge is 0.492 e. The predicted molar refractivity (Wildman–Crippen MR) is 68.9 cm³/mol. The molecule has 1 aromatic carbocycles. The molecule has 0 aliphatic carbocycles. The SMILES string of the molecule is CC(C)CC(CN)COc1ccccc1Cl. The molecule has 1 atom stereocenters. The minimum Gasteiger partial charge on any atom is -0.492 e. The van der Waals surface area contributed by atoms with E-state index in [4.69, 9.17) is 22.1 Å². The third-order valence-electron chi connectivity index (χ3n) is 2.45. The molecule has 0 aromatic heterocycles. The van der Waals surface area contributed by atoms with Crippen molar-refractivity contribution in [1.29, 1.82) is 0 Å². The van der Waals surface area contributed by atoms with Crippen LogP contribution in [-0.4, -0.2) is 13.2 Å². The molecule has 1 rings (SSSR count). The second kappa shape index (κ2) is 6.77. The molecule has 0 fully saturated rings. The molecule has 0 saturated heterocycles. The van der Waals surface area contributed by atoms with Gasteiger partial charge in [0.2, 0.25) is 0 Å². The van der Waals surface area contributed by atoms with E-state index in [9.17, 15) is 0 Å². The van der Waals surface area contributed by atoms with Crippen molar-refractivity contribution >= 4 is 11.6 Å². The molecule has 2 nitrogen and oxygen atoms in total. The van der Waals surface area contributed by atoms with Crippen molar-refractivity contribution in [2.75, 3.05) is 13.2 Å². The van der Waals surface area contributed by atoms with E-state index >= 15 is 0 Å². The van der Waals surface area contributed by atoms with Gasteiger partial charge in [0.05, 0.1) is 11.6 Å². The lowest BCUT2D eigenvalue weighted by Crippen LogP contribution is -2.23. The third-order valence-corrected chi connectivity index (χ3v) is 2.76. The predicted octanol–water partition coefficient (Wildman–Crippen LogP) is 3.34. The standard InChI is InChI=1S/C13H20ClNO/c1-10(2)7-11(8-15)9-16-13-6-4-3-5-12(13)14/h3-6,10-11H,7-9,15H2,1-2H3. The monoisotopic (exact) mass is 241 g/mol. The Kier molecular flexibility index (Phi) is 5.64. The van der Waals surface area contributed by atoms with Crippen molar-refractivity contribution in [3.05, 3.63) is 29.3 Å². The molecule has 2 N–H and O–H groups in total. The summed E-state index contributed by atoms with van der Waals surface area (Å²) in [6, 6.07) is 7.52. The summed E-state index contributed by atoms with van der Waals surface area (Å²) in [5.41, 5.74) is 5.71. The Morgan fingerprint density at radius 1 is 1.31 bits per heavy atom. The zero-order valence-electron chi connectivity index (χ0n) is 9.95. The summed E-state index contributed by atoms with van der Waals surface area (Å²) in [6.45, 7) is 5.68. The second-order valence-electron chi connectivity index (χ2n) is 4.47. The Labute approximate surface area is 103 Å². The lowest BCUT2D eigenvalue weighted by atomic mass is 9.98. The maximum atomic E-state index is 6.00. The number of para-hydroxylation sites is 1. The molecule has 3 heteroatoms. The average molecular weight is 242 g/mol. The fourth-order valence-electron chi connectivity index (χ4n) is 1.67. The summed E-state index contributed by atoms with van der Waals surface area (Å²) in [6.07, 6.45) is 1.08. The molecule has 0 saturated carbocycles. The molecule has 0 bridgehead atoms. The molecule has 0 spiro atoms. The molecule has 0 radical (unpaired) electrons. The highest BCUT2D eigenvalue weighted by atomic mass is 35.5. The van der Waals surface area contributed by atoms with Crippen molar-refractivity contribution in [2.24, 2.45) is 17.6 Å². The molecule has 1 unspecified atom stereocenters. The lowest BCUT2D eigenvalue weighted by molar-refractivity contribution is 0.231. The topological polar surface area (TPSA) is 35.2 Å². The zero-order valence-corrected chi connectivity index (χ0v) is 10.7. The van der Waals surface area contributed by atoms with Gasteiger partial charge in [-0.2, -0.15) is 0 Å². The van der Waals surface area contributed by atoms with Gasteiger partial charge in [-0.1, -0.05) is 37.6 Å². The Hall–Kier alpha value is -0.730. The van der Waals surface area contributed by atoms with E-state index in [0.717, 1.165) is 12.2 Å². The summed E-state index contributed by atoms with van der Waals surface area (Å²) < 4.78 is 5.68. The van der Waals surface area contributed by atoms with Crippen LogP contribution >= 0.6 is 11.6 Å². The molecule has 0 aliphatic heterocycles. The Bertz CT molecular complexity index is 315. The van der Waals surface area contributed by atoms with Crippen molar-refractivity contribution in [3.63, 3.8) is 0 Å². The van der Waals surface area contributed by atoms with Gasteiger partial charge < -0.3 is 10.5 Å².